The van der Waals surface area contributed by atoms with E-state index in [1.807, 2.05) is 0 Å². The number of nitrogens with one attached hydrogen (secondary N) is 1. The molecule has 0 fully saturated rings. The lowest BCUT2D eigenvalue weighted by Crippen LogP contribution is -2.34. The number of nitro groups is 1. The maximum atomic E-state index is 11.9. The Morgan fingerprint density at radius 2 is 2.21 bits per heavy atom. The normalized spacial score (nSPS) is 12.2. The van der Waals surface area contributed by atoms with Crippen molar-refractivity contribution < 1.29 is 14.5 Å². The highest BCUT2D eigenvalue weighted by atomic mass is 16.6. The average Bonchev–Trinajstić information content (AvgIpc) is 2.63. The van der Waals surface area contributed by atoms with Crippen LogP contribution in [0.15, 0.2) is 0 Å². The highest BCUT2D eigenvalue weighted by Crippen LogP contribution is 2.24. The molecule has 1 heterocycles. The molecule has 19 heavy (non-hydrogen) atoms. The highest BCUT2D eigenvalue weighted by Gasteiger charge is 2.26. The fraction of sp³-hybridized carbons (Fsp3) is 0.636. The lowest BCUT2D eigenvalue weighted by atomic mass is 10.3. The Bertz CT molecular complexity index is 483. The fourth-order valence-electron chi connectivity index (χ4n) is 1.83. The van der Waals surface area contributed by atoms with Crippen LogP contribution in [0.4, 0.5) is 5.69 Å². The van der Waals surface area contributed by atoms with Crippen molar-refractivity contribution in [1.29, 1.82) is 0 Å². The molecular weight excluding hydrogens is 252 g/mol. The predicted octanol–water partition coefficient (Wildman–Crippen LogP) is 0.732. The van der Waals surface area contributed by atoms with Gasteiger partial charge in [-0.3, -0.25) is 19.6 Å². The summed E-state index contributed by atoms with van der Waals surface area (Å²) in [5.74, 6) is -0.252. The second-order valence-electron chi connectivity index (χ2n) is 4.18. The smallest absolute Gasteiger partial charge is 0.312 e. The summed E-state index contributed by atoms with van der Waals surface area (Å²) in [4.78, 5) is 22.3. The summed E-state index contributed by atoms with van der Waals surface area (Å²) >= 11 is 0. The summed E-state index contributed by atoms with van der Waals surface area (Å²) < 4.78 is 6.20. The third kappa shape index (κ3) is 3.28. The molecule has 0 saturated carbocycles. The Balaban J connectivity index is 2.88. The number of aryl methyl sites for hydroxylation is 1. The van der Waals surface area contributed by atoms with Crippen LogP contribution in [0.3, 0.4) is 0 Å². The van der Waals surface area contributed by atoms with Crippen LogP contribution in [0.25, 0.3) is 0 Å². The molecule has 0 aliphatic rings. The first-order chi connectivity index (χ1) is 8.90. The first-order valence-electron chi connectivity index (χ1n) is 5.86. The Morgan fingerprint density at radius 1 is 1.58 bits per heavy atom. The van der Waals surface area contributed by atoms with Gasteiger partial charge in [-0.2, -0.15) is 5.10 Å². The van der Waals surface area contributed by atoms with E-state index in [-0.39, 0.29) is 11.6 Å². The third-order valence-corrected chi connectivity index (χ3v) is 2.82. The Morgan fingerprint density at radius 3 is 2.68 bits per heavy atom. The van der Waals surface area contributed by atoms with Gasteiger partial charge in [-0.05, 0) is 20.8 Å². The van der Waals surface area contributed by atoms with Crippen LogP contribution in [-0.2, 0) is 9.53 Å². The standard InChI is InChI=1S/C11H18N4O4/c1-7-10(15(17)18)8(2)14(13-7)9(3)11(16)12-5-6-19-4/h9H,5-6H2,1-4H3,(H,12,16). The van der Waals surface area contributed by atoms with Crippen LogP contribution in [0.5, 0.6) is 0 Å². The molecule has 1 amide bonds. The van der Waals surface area contributed by atoms with Crippen LogP contribution in [-0.4, -0.2) is 40.9 Å². The van der Waals surface area contributed by atoms with Gasteiger partial charge in [0.1, 0.15) is 17.4 Å². The Labute approximate surface area is 110 Å². The van der Waals surface area contributed by atoms with Gasteiger partial charge in [-0.1, -0.05) is 0 Å². The SMILES string of the molecule is COCCNC(=O)C(C)n1nc(C)c([N+](=O)[O-])c1C. The van der Waals surface area contributed by atoms with E-state index in [0.717, 1.165) is 0 Å². The minimum absolute atomic E-state index is 0.0449. The van der Waals surface area contributed by atoms with Gasteiger partial charge >= 0.3 is 5.69 Å². The van der Waals surface area contributed by atoms with Gasteiger partial charge in [0.15, 0.2) is 0 Å². The number of hydrogen-bond donors (Lipinski definition) is 1. The van der Waals surface area contributed by atoms with Crippen molar-refractivity contribution in [2.45, 2.75) is 26.8 Å². The van der Waals surface area contributed by atoms with Gasteiger partial charge in [0.25, 0.3) is 0 Å². The summed E-state index contributed by atoms with van der Waals surface area (Å²) in [6, 6.07) is -0.607. The van der Waals surface area contributed by atoms with Crippen molar-refractivity contribution in [3.05, 3.63) is 21.5 Å². The van der Waals surface area contributed by atoms with Crippen molar-refractivity contribution in [3.8, 4) is 0 Å². The molecule has 0 radical (unpaired) electrons. The minimum Gasteiger partial charge on any atom is -0.383 e. The molecular formula is C11H18N4O4. The first kappa shape index (κ1) is 15.1. The maximum Gasteiger partial charge on any atom is 0.312 e. The lowest BCUT2D eigenvalue weighted by Gasteiger charge is -2.13. The number of nitrogens with zero attached hydrogens (tertiary/aromatic N) is 3. The molecule has 1 atom stereocenters. The van der Waals surface area contributed by atoms with Crippen molar-refractivity contribution in [2.75, 3.05) is 20.3 Å². The highest BCUT2D eigenvalue weighted by molar-refractivity contribution is 5.80. The van der Waals surface area contributed by atoms with Crippen LogP contribution in [0.2, 0.25) is 0 Å². The number of rotatable bonds is 6. The third-order valence-electron chi connectivity index (χ3n) is 2.82. The van der Waals surface area contributed by atoms with Gasteiger partial charge < -0.3 is 10.1 Å². The van der Waals surface area contributed by atoms with Gasteiger partial charge in [-0.15, -0.1) is 0 Å². The Kier molecular flexibility index (Phi) is 4.99. The predicted molar refractivity (Wildman–Crippen MR) is 68.0 cm³/mol. The molecule has 8 heteroatoms. The zero-order chi connectivity index (χ0) is 14.6. The summed E-state index contributed by atoms with van der Waals surface area (Å²) in [5.41, 5.74) is 0.632. The second kappa shape index (κ2) is 6.28. The molecule has 0 spiro atoms. The molecule has 1 aromatic rings. The van der Waals surface area contributed by atoms with Crippen molar-refractivity contribution >= 4 is 11.6 Å². The van der Waals surface area contributed by atoms with Gasteiger partial charge in [-0.25, -0.2) is 0 Å². The fourth-order valence-corrected chi connectivity index (χ4v) is 1.83. The van der Waals surface area contributed by atoms with Gasteiger partial charge in [0, 0.05) is 13.7 Å². The molecule has 106 valence electrons. The number of methoxy groups -OCH3 is 1. The molecule has 1 unspecified atom stereocenters. The molecule has 1 N–H and O–H groups in total. The molecule has 1 aromatic heterocycles. The van der Waals surface area contributed by atoms with Crippen LogP contribution >= 0.6 is 0 Å². The van der Waals surface area contributed by atoms with Gasteiger partial charge in [0.2, 0.25) is 5.91 Å². The topological polar surface area (TPSA) is 99.3 Å². The van der Waals surface area contributed by atoms with Crippen molar-refractivity contribution in [3.63, 3.8) is 0 Å². The van der Waals surface area contributed by atoms with E-state index in [2.05, 4.69) is 10.4 Å². The largest absolute Gasteiger partial charge is 0.383 e. The minimum atomic E-state index is -0.607. The summed E-state index contributed by atoms with van der Waals surface area (Å²) in [5, 5.41) is 17.6. The molecule has 0 saturated heterocycles. The summed E-state index contributed by atoms with van der Waals surface area (Å²) in [6.45, 7) is 5.58. The lowest BCUT2D eigenvalue weighted by molar-refractivity contribution is -0.386. The van der Waals surface area contributed by atoms with E-state index in [1.54, 1.807) is 27.9 Å². The maximum absolute atomic E-state index is 11.9. The summed E-state index contributed by atoms with van der Waals surface area (Å²) in [7, 11) is 1.54. The monoisotopic (exact) mass is 270 g/mol. The van der Waals surface area contributed by atoms with E-state index < -0.39 is 11.0 Å². The summed E-state index contributed by atoms with van der Waals surface area (Å²) in [6.07, 6.45) is 0. The van der Waals surface area contributed by atoms with E-state index in [4.69, 9.17) is 4.74 Å². The molecule has 1 rings (SSSR count). The Hall–Kier alpha value is -1.96. The zero-order valence-corrected chi connectivity index (χ0v) is 11.5. The van der Waals surface area contributed by atoms with Crippen molar-refractivity contribution in [1.82, 2.24) is 15.1 Å². The number of hydrogen-bond acceptors (Lipinski definition) is 5. The average molecular weight is 270 g/mol. The second-order valence-corrected chi connectivity index (χ2v) is 4.18. The van der Waals surface area contributed by atoms with Gasteiger partial charge in [0.05, 0.1) is 11.5 Å². The van der Waals surface area contributed by atoms with Crippen LogP contribution in [0.1, 0.15) is 24.4 Å². The van der Waals surface area contributed by atoms with Crippen LogP contribution in [0, 0.1) is 24.0 Å². The first-order valence-corrected chi connectivity index (χ1v) is 5.86. The number of amides is 1. The molecule has 0 aliphatic carbocycles. The van der Waals surface area contributed by atoms with E-state index >= 15 is 0 Å². The molecule has 0 bridgehead atoms. The number of aromatic nitrogens is 2. The van der Waals surface area contributed by atoms with Crippen molar-refractivity contribution in [2.24, 2.45) is 0 Å². The molecule has 8 nitrogen and oxygen atoms in total. The number of carbonyl (C=O) groups excluding carboxylic acids is 1. The van der Waals surface area contributed by atoms with E-state index in [0.29, 0.717) is 24.5 Å². The molecule has 0 aromatic carbocycles. The molecule has 0 aliphatic heterocycles. The van der Waals surface area contributed by atoms with E-state index in [1.165, 1.54) is 4.68 Å². The van der Waals surface area contributed by atoms with E-state index in [9.17, 15) is 14.9 Å². The van der Waals surface area contributed by atoms with Crippen LogP contribution < -0.4 is 5.32 Å². The number of ether oxygens (including phenoxy) is 1. The quantitative estimate of drug-likeness (QED) is 0.466. The number of carbonyl (C=O) groups is 1. The zero-order valence-electron chi connectivity index (χ0n) is 11.5.